The normalized spacial score (nSPS) is 13.1. The van der Waals surface area contributed by atoms with Gasteiger partial charge in [-0.05, 0) is 30.0 Å². The maximum atomic E-state index is 4.37. The van der Waals surface area contributed by atoms with Gasteiger partial charge in [-0.3, -0.25) is 4.98 Å². The van der Waals surface area contributed by atoms with Gasteiger partial charge in [-0.1, -0.05) is 6.07 Å². The lowest BCUT2D eigenvalue weighted by Gasteiger charge is -2.16. The summed E-state index contributed by atoms with van der Waals surface area (Å²) in [4.78, 5) is 12.7. The van der Waals surface area contributed by atoms with E-state index in [-0.39, 0.29) is 0 Å². The first kappa shape index (κ1) is 7.62. The van der Waals surface area contributed by atoms with Gasteiger partial charge in [-0.25, -0.2) is 9.97 Å². The number of hydrogen-bond donors (Lipinski definition) is 0. The van der Waals surface area contributed by atoms with E-state index >= 15 is 0 Å². The quantitative estimate of drug-likeness (QED) is 0.623. The van der Waals surface area contributed by atoms with Crippen molar-refractivity contribution in [1.29, 1.82) is 0 Å². The Kier molecular flexibility index (Phi) is 1.56. The van der Waals surface area contributed by atoms with Crippen LogP contribution in [-0.4, -0.2) is 15.0 Å². The Bertz CT molecular complexity index is 434. The van der Waals surface area contributed by atoms with Crippen LogP contribution < -0.4 is 0 Å². The lowest BCUT2D eigenvalue weighted by atomic mass is 9.94. The summed E-state index contributed by atoms with van der Waals surface area (Å²) < 4.78 is 0. The van der Waals surface area contributed by atoms with Crippen molar-refractivity contribution >= 4 is 0 Å². The zero-order chi connectivity index (χ0) is 9.38. The Morgan fingerprint density at radius 3 is 2.86 bits per heavy atom. The lowest BCUT2D eigenvalue weighted by Crippen LogP contribution is -2.07. The fourth-order valence-corrected chi connectivity index (χ4v) is 1.88. The third-order valence-electron chi connectivity index (χ3n) is 2.57. The van der Waals surface area contributed by atoms with Crippen molar-refractivity contribution in [3.8, 4) is 11.4 Å². The van der Waals surface area contributed by atoms with Crippen molar-refractivity contribution < 1.29 is 0 Å². The molecule has 14 heavy (non-hydrogen) atoms. The third-order valence-corrected chi connectivity index (χ3v) is 2.57. The van der Waals surface area contributed by atoms with Gasteiger partial charge in [0.1, 0.15) is 6.33 Å². The molecule has 0 unspecified atom stereocenters. The van der Waals surface area contributed by atoms with E-state index in [0.29, 0.717) is 0 Å². The van der Waals surface area contributed by atoms with Crippen molar-refractivity contribution in [2.24, 2.45) is 0 Å². The second kappa shape index (κ2) is 2.87. The Labute approximate surface area is 81.9 Å². The summed E-state index contributed by atoms with van der Waals surface area (Å²) in [5.74, 6) is 0. The number of pyridine rings is 1. The molecule has 68 valence electrons. The molecule has 0 N–H and O–H groups in total. The van der Waals surface area contributed by atoms with E-state index in [1.807, 2.05) is 18.5 Å². The summed E-state index contributed by atoms with van der Waals surface area (Å²) in [7, 11) is 0. The minimum Gasteiger partial charge on any atom is -0.254 e. The van der Waals surface area contributed by atoms with Crippen molar-refractivity contribution in [3.63, 3.8) is 0 Å². The summed E-state index contributed by atoms with van der Waals surface area (Å²) in [5.41, 5.74) is 4.52. The van der Waals surface area contributed by atoms with Crippen LogP contribution >= 0.6 is 0 Å². The molecule has 3 heteroatoms. The number of aryl methyl sites for hydroxylation is 2. The summed E-state index contributed by atoms with van der Waals surface area (Å²) >= 11 is 0. The molecular formula is C11H9N3. The average molecular weight is 183 g/mol. The van der Waals surface area contributed by atoms with E-state index in [4.69, 9.17) is 0 Å². The fraction of sp³-hybridized carbons (Fsp3) is 0.182. The monoisotopic (exact) mass is 183 g/mol. The predicted molar refractivity (Wildman–Crippen MR) is 52.7 cm³/mol. The first-order chi connectivity index (χ1) is 6.95. The van der Waals surface area contributed by atoms with Crippen LogP contribution in [0.15, 0.2) is 30.9 Å². The molecule has 0 aliphatic heterocycles. The highest BCUT2D eigenvalue weighted by molar-refractivity contribution is 5.64. The van der Waals surface area contributed by atoms with E-state index < -0.39 is 0 Å². The smallest absolute Gasteiger partial charge is 0.116 e. The number of hydrogen-bond acceptors (Lipinski definition) is 3. The predicted octanol–water partition coefficient (Wildman–Crippen LogP) is 1.64. The van der Waals surface area contributed by atoms with Crippen LogP contribution in [0.25, 0.3) is 11.4 Å². The SMILES string of the molecule is c1cnc2c(c1)CCc1cncnc1-2. The highest BCUT2D eigenvalue weighted by Crippen LogP contribution is 2.28. The van der Waals surface area contributed by atoms with E-state index in [1.54, 1.807) is 6.33 Å². The molecule has 0 aromatic carbocycles. The standard InChI is InChI=1S/C11H9N3/c1-2-8-3-4-9-6-12-7-14-11(9)10(8)13-5-1/h1-2,5-7H,3-4H2. The van der Waals surface area contributed by atoms with Crippen LogP contribution in [0.1, 0.15) is 11.1 Å². The zero-order valence-electron chi connectivity index (χ0n) is 7.64. The maximum Gasteiger partial charge on any atom is 0.116 e. The highest BCUT2D eigenvalue weighted by Gasteiger charge is 2.17. The number of rotatable bonds is 0. The molecule has 2 aromatic rings. The molecule has 2 aromatic heterocycles. The molecular weight excluding hydrogens is 174 g/mol. The summed E-state index contributed by atoms with van der Waals surface area (Å²) in [6, 6.07) is 4.10. The molecule has 0 radical (unpaired) electrons. The first-order valence-electron chi connectivity index (χ1n) is 4.68. The molecule has 0 atom stereocenters. The molecule has 3 rings (SSSR count). The van der Waals surface area contributed by atoms with Gasteiger partial charge in [-0.15, -0.1) is 0 Å². The van der Waals surface area contributed by atoms with Crippen molar-refractivity contribution in [2.75, 3.05) is 0 Å². The minimum atomic E-state index is 1.00. The Morgan fingerprint density at radius 2 is 1.86 bits per heavy atom. The van der Waals surface area contributed by atoms with E-state index in [1.165, 1.54) is 11.1 Å². The molecule has 2 heterocycles. The molecule has 0 bridgehead atoms. The summed E-state index contributed by atoms with van der Waals surface area (Å²) in [6.45, 7) is 0. The number of fused-ring (bicyclic) bond motifs is 3. The summed E-state index contributed by atoms with van der Waals surface area (Å²) in [5, 5.41) is 0. The van der Waals surface area contributed by atoms with Crippen LogP contribution in [0, 0.1) is 0 Å². The molecule has 0 saturated carbocycles. The van der Waals surface area contributed by atoms with Crippen LogP contribution in [0.5, 0.6) is 0 Å². The topological polar surface area (TPSA) is 38.7 Å². The average Bonchev–Trinajstić information content (AvgIpc) is 2.29. The largest absolute Gasteiger partial charge is 0.254 e. The summed E-state index contributed by atoms with van der Waals surface area (Å²) in [6.07, 6.45) is 7.36. The Hall–Kier alpha value is -1.77. The molecule has 0 spiro atoms. The Balaban J connectivity index is 2.29. The highest BCUT2D eigenvalue weighted by atomic mass is 14.9. The van der Waals surface area contributed by atoms with Crippen molar-refractivity contribution in [1.82, 2.24) is 15.0 Å². The second-order valence-electron chi connectivity index (χ2n) is 3.41. The first-order valence-corrected chi connectivity index (χ1v) is 4.68. The zero-order valence-corrected chi connectivity index (χ0v) is 7.64. The minimum absolute atomic E-state index is 1.00. The van der Waals surface area contributed by atoms with Gasteiger partial charge in [0, 0.05) is 12.4 Å². The van der Waals surface area contributed by atoms with Gasteiger partial charge in [0.05, 0.1) is 11.4 Å². The number of nitrogens with zero attached hydrogens (tertiary/aromatic N) is 3. The fourth-order valence-electron chi connectivity index (χ4n) is 1.88. The van der Waals surface area contributed by atoms with Gasteiger partial charge >= 0.3 is 0 Å². The van der Waals surface area contributed by atoms with E-state index in [0.717, 1.165) is 24.2 Å². The van der Waals surface area contributed by atoms with Crippen LogP contribution in [0.2, 0.25) is 0 Å². The van der Waals surface area contributed by atoms with Crippen LogP contribution in [0.3, 0.4) is 0 Å². The van der Waals surface area contributed by atoms with Crippen LogP contribution in [-0.2, 0) is 12.8 Å². The molecule has 0 amide bonds. The lowest BCUT2D eigenvalue weighted by molar-refractivity contribution is 0.896. The molecule has 0 fully saturated rings. The van der Waals surface area contributed by atoms with Gasteiger partial charge in [-0.2, -0.15) is 0 Å². The van der Waals surface area contributed by atoms with Crippen molar-refractivity contribution in [3.05, 3.63) is 42.0 Å². The third kappa shape index (κ3) is 1.02. The molecule has 1 aliphatic carbocycles. The van der Waals surface area contributed by atoms with Crippen molar-refractivity contribution in [2.45, 2.75) is 12.8 Å². The van der Waals surface area contributed by atoms with Gasteiger partial charge in [0.25, 0.3) is 0 Å². The van der Waals surface area contributed by atoms with E-state index in [2.05, 4.69) is 21.0 Å². The second-order valence-corrected chi connectivity index (χ2v) is 3.41. The van der Waals surface area contributed by atoms with Gasteiger partial charge < -0.3 is 0 Å². The van der Waals surface area contributed by atoms with Crippen LogP contribution in [0.4, 0.5) is 0 Å². The Morgan fingerprint density at radius 1 is 1.00 bits per heavy atom. The molecule has 3 nitrogen and oxygen atoms in total. The van der Waals surface area contributed by atoms with Gasteiger partial charge in [0.15, 0.2) is 0 Å². The van der Waals surface area contributed by atoms with Gasteiger partial charge in [0.2, 0.25) is 0 Å². The van der Waals surface area contributed by atoms with E-state index in [9.17, 15) is 0 Å². The molecule has 0 saturated heterocycles. The number of aromatic nitrogens is 3. The molecule has 1 aliphatic rings. The maximum absolute atomic E-state index is 4.37.